The molecule has 1 fully saturated rings. The lowest BCUT2D eigenvalue weighted by Gasteiger charge is -2.22. The van der Waals surface area contributed by atoms with Gasteiger partial charge < -0.3 is 15.4 Å². The molecule has 2 aromatic rings. The van der Waals surface area contributed by atoms with Crippen LogP contribution in [0.25, 0.3) is 5.69 Å². The number of rotatable bonds is 11. The molecule has 2 N–H and O–H groups in total. The summed E-state index contributed by atoms with van der Waals surface area (Å²) in [4.78, 5) is 6.83. The summed E-state index contributed by atoms with van der Waals surface area (Å²) in [5.74, 6) is 0.857. The molecule has 1 aliphatic carbocycles. The van der Waals surface area contributed by atoms with Crippen molar-refractivity contribution < 1.29 is 4.74 Å². The third kappa shape index (κ3) is 6.35. The molecule has 0 saturated heterocycles. The number of hydrogen-bond acceptors (Lipinski definition) is 4. The predicted octanol–water partition coefficient (Wildman–Crippen LogP) is 1.69. The van der Waals surface area contributed by atoms with Crippen molar-refractivity contribution in [3.8, 4) is 5.69 Å². The highest BCUT2D eigenvalue weighted by atomic mass is 16.5. The van der Waals surface area contributed by atoms with Crippen molar-refractivity contribution in [3.05, 3.63) is 48.3 Å². The van der Waals surface area contributed by atoms with E-state index in [0.29, 0.717) is 0 Å². The standard InChI is InChI=1S/C21H32N6O/c1-22-21(24-13-15-26(16-17-28-2)19-8-9-19)23-12-10-18-4-6-20(7-5-18)27-14-3-11-25-27/h3-7,11,14,19H,8-10,12-13,15-17H2,1-2H3,(H2,22,23,24). The van der Waals surface area contributed by atoms with Crippen molar-refractivity contribution >= 4 is 5.96 Å². The van der Waals surface area contributed by atoms with Crippen LogP contribution in [0.2, 0.25) is 0 Å². The molecular formula is C21H32N6O. The molecule has 1 heterocycles. The van der Waals surface area contributed by atoms with Crippen LogP contribution >= 0.6 is 0 Å². The zero-order valence-corrected chi connectivity index (χ0v) is 17.0. The van der Waals surface area contributed by atoms with Gasteiger partial charge in [-0.2, -0.15) is 5.10 Å². The molecule has 0 atom stereocenters. The van der Waals surface area contributed by atoms with E-state index in [0.717, 1.165) is 56.9 Å². The Morgan fingerprint density at radius 1 is 1.21 bits per heavy atom. The highest BCUT2D eigenvalue weighted by Crippen LogP contribution is 2.25. The van der Waals surface area contributed by atoms with Crippen molar-refractivity contribution in [2.24, 2.45) is 4.99 Å². The largest absolute Gasteiger partial charge is 0.383 e. The summed E-state index contributed by atoms with van der Waals surface area (Å²) in [6, 6.07) is 11.2. The van der Waals surface area contributed by atoms with Gasteiger partial charge in [-0.3, -0.25) is 9.89 Å². The van der Waals surface area contributed by atoms with E-state index in [-0.39, 0.29) is 0 Å². The molecule has 1 aromatic heterocycles. The quantitative estimate of drug-likeness (QED) is 0.456. The number of methoxy groups -OCH3 is 1. The molecule has 7 nitrogen and oxygen atoms in total. The molecule has 0 unspecified atom stereocenters. The molecule has 152 valence electrons. The van der Waals surface area contributed by atoms with Gasteiger partial charge in [-0.1, -0.05) is 12.1 Å². The van der Waals surface area contributed by atoms with E-state index < -0.39 is 0 Å². The number of hydrogen-bond donors (Lipinski definition) is 2. The number of aromatic nitrogens is 2. The van der Waals surface area contributed by atoms with Gasteiger partial charge in [0, 0.05) is 58.8 Å². The maximum absolute atomic E-state index is 5.22. The maximum atomic E-state index is 5.22. The van der Waals surface area contributed by atoms with Crippen molar-refractivity contribution in [2.75, 3.05) is 46.9 Å². The summed E-state index contributed by atoms with van der Waals surface area (Å²) in [6.45, 7) is 4.55. The SMILES string of the molecule is CN=C(NCCc1ccc(-n2cccn2)cc1)NCCN(CCOC)C1CC1. The van der Waals surface area contributed by atoms with Crippen LogP contribution in [0.5, 0.6) is 0 Å². The molecule has 1 saturated carbocycles. The van der Waals surface area contributed by atoms with Gasteiger partial charge >= 0.3 is 0 Å². The monoisotopic (exact) mass is 384 g/mol. The van der Waals surface area contributed by atoms with Crippen LogP contribution < -0.4 is 10.6 Å². The number of ether oxygens (including phenoxy) is 1. The lowest BCUT2D eigenvalue weighted by atomic mass is 10.1. The molecule has 7 heteroatoms. The molecular weight excluding hydrogens is 352 g/mol. The second-order valence-corrected chi connectivity index (χ2v) is 7.05. The van der Waals surface area contributed by atoms with Crippen LogP contribution in [0.3, 0.4) is 0 Å². The fraction of sp³-hybridized carbons (Fsp3) is 0.524. The fourth-order valence-electron chi connectivity index (χ4n) is 3.23. The second-order valence-electron chi connectivity index (χ2n) is 7.05. The summed E-state index contributed by atoms with van der Waals surface area (Å²) < 4.78 is 7.09. The number of guanidine groups is 1. The van der Waals surface area contributed by atoms with E-state index in [1.54, 1.807) is 13.3 Å². The zero-order chi connectivity index (χ0) is 19.6. The lowest BCUT2D eigenvalue weighted by Crippen LogP contribution is -2.43. The van der Waals surface area contributed by atoms with E-state index >= 15 is 0 Å². The summed E-state index contributed by atoms with van der Waals surface area (Å²) in [6.07, 6.45) is 7.32. The number of nitrogens with one attached hydrogen (secondary N) is 2. The van der Waals surface area contributed by atoms with Crippen molar-refractivity contribution in [1.82, 2.24) is 25.3 Å². The van der Waals surface area contributed by atoms with Gasteiger partial charge in [0.15, 0.2) is 5.96 Å². The summed E-state index contributed by atoms with van der Waals surface area (Å²) >= 11 is 0. The van der Waals surface area contributed by atoms with Gasteiger partial charge in [-0.05, 0) is 43.0 Å². The van der Waals surface area contributed by atoms with Gasteiger partial charge in [0.2, 0.25) is 0 Å². The lowest BCUT2D eigenvalue weighted by molar-refractivity contribution is 0.144. The molecule has 0 spiro atoms. The van der Waals surface area contributed by atoms with Crippen LogP contribution in [0.15, 0.2) is 47.7 Å². The first-order valence-electron chi connectivity index (χ1n) is 10.1. The topological polar surface area (TPSA) is 66.7 Å². The highest BCUT2D eigenvalue weighted by Gasteiger charge is 2.28. The van der Waals surface area contributed by atoms with E-state index in [4.69, 9.17) is 4.74 Å². The first-order chi connectivity index (χ1) is 13.8. The van der Waals surface area contributed by atoms with Crippen LogP contribution in [0, 0.1) is 0 Å². The van der Waals surface area contributed by atoms with Crippen molar-refractivity contribution in [2.45, 2.75) is 25.3 Å². The highest BCUT2D eigenvalue weighted by molar-refractivity contribution is 5.79. The molecule has 1 aromatic carbocycles. The molecule has 0 aliphatic heterocycles. The normalized spacial score (nSPS) is 14.5. The Labute approximate surface area is 167 Å². The molecule has 28 heavy (non-hydrogen) atoms. The van der Waals surface area contributed by atoms with E-state index in [9.17, 15) is 0 Å². The van der Waals surface area contributed by atoms with Gasteiger partial charge in [-0.15, -0.1) is 0 Å². The van der Waals surface area contributed by atoms with E-state index in [1.807, 2.05) is 24.0 Å². The molecule has 0 amide bonds. The van der Waals surface area contributed by atoms with E-state index in [2.05, 4.69) is 49.9 Å². The number of benzene rings is 1. The Bertz CT molecular complexity index is 709. The van der Waals surface area contributed by atoms with Crippen LogP contribution in [-0.4, -0.2) is 73.6 Å². The van der Waals surface area contributed by atoms with Gasteiger partial charge in [0.1, 0.15) is 0 Å². The Hall–Kier alpha value is -2.38. The fourth-order valence-corrected chi connectivity index (χ4v) is 3.23. The summed E-state index contributed by atoms with van der Waals surface area (Å²) in [5.41, 5.74) is 2.37. The third-order valence-corrected chi connectivity index (χ3v) is 4.97. The molecule has 1 aliphatic rings. The van der Waals surface area contributed by atoms with Gasteiger partial charge in [-0.25, -0.2) is 4.68 Å². The van der Waals surface area contributed by atoms with Crippen LogP contribution in [0.1, 0.15) is 18.4 Å². The minimum absolute atomic E-state index is 0.747. The first kappa shape index (κ1) is 20.4. The van der Waals surface area contributed by atoms with E-state index in [1.165, 1.54) is 18.4 Å². The Balaban J connectivity index is 1.36. The molecule has 3 rings (SSSR count). The second kappa shape index (κ2) is 10.8. The Morgan fingerprint density at radius 3 is 2.64 bits per heavy atom. The van der Waals surface area contributed by atoms with Crippen molar-refractivity contribution in [3.63, 3.8) is 0 Å². The summed E-state index contributed by atoms with van der Waals surface area (Å²) in [7, 11) is 3.58. The van der Waals surface area contributed by atoms with Crippen molar-refractivity contribution in [1.29, 1.82) is 0 Å². The molecule has 0 radical (unpaired) electrons. The predicted molar refractivity (Wildman–Crippen MR) is 113 cm³/mol. The first-order valence-corrected chi connectivity index (χ1v) is 10.1. The number of aliphatic imine (C=N–C) groups is 1. The Kier molecular flexibility index (Phi) is 7.87. The minimum Gasteiger partial charge on any atom is -0.383 e. The third-order valence-electron chi connectivity index (χ3n) is 4.97. The summed E-state index contributed by atoms with van der Waals surface area (Å²) in [5, 5.41) is 11.1. The molecule has 0 bridgehead atoms. The minimum atomic E-state index is 0.747. The van der Waals surface area contributed by atoms with Crippen LogP contribution in [-0.2, 0) is 11.2 Å². The van der Waals surface area contributed by atoms with Crippen LogP contribution in [0.4, 0.5) is 0 Å². The average Bonchev–Trinajstić information content (AvgIpc) is 3.43. The maximum Gasteiger partial charge on any atom is 0.191 e. The number of nitrogens with zero attached hydrogens (tertiary/aromatic N) is 4. The zero-order valence-electron chi connectivity index (χ0n) is 17.0. The van der Waals surface area contributed by atoms with Gasteiger partial charge in [0.05, 0.1) is 12.3 Å². The average molecular weight is 385 g/mol. The van der Waals surface area contributed by atoms with Gasteiger partial charge in [0.25, 0.3) is 0 Å². The Morgan fingerprint density at radius 2 is 2.00 bits per heavy atom. The smallest absolute Gasteiger partial charge is 0.191 e.